The highest BCUT2D eigenvalue weighted by atomic mass is 16.3. The molecule has 1 saturated heterocycles. The number of nitrogens with zero attached hydrogens (tertiary/aromatic N) is 3. The van der Waals surface area contributed by atoms with Gasteiger partial charge in [0.25, 0.3) is 0 Å². The van der Waals surface area contributed by atoms with Crippen LogP contribution in [-0.2, 0) is 13.3 Å². The smallest absolute Gasteiger partial charge is 0.0961 e. The lowest BCUT2D eigenvalue weighted by Crippen LogP contribution is -2.23. The SMILES string of the molecule is CCCC1CCN(Cn2cnc(CO)c2)C1. The maximum Gasteiger partial charge on any atom is 0.0961 e. The lowest BCUT2D eigenvalue weighted by Gasteiger charge is -2.16. The minimum atomic E-state index is 0.0332. The van der Waals surface area contributed by atoms with Gasteiger partial charge in [-0.05, 0) is 18.8 Å². The summed E-state index contributed by atoms with van der Waals surface area (Å²) in [5, 5.41) is 8.93. The van der Waals surface area contributed by atoms with Gasteiger partial charge in [-0.25, -0.2) is 4.98 Å². The van der Waals surface area contributed by atoms with E-state index in [0.717, 1.165) is 18.3 Å². The van der Waals surface area contributed by atoms with Crippen LogP contribution in [0.1, 0.15) is 31.9 Å². The third-order valence-corrected chi connectivity index (χ3v) is 3.28. The van der Waals surface area contributed by atoms with E-state index in [1.807, 2.05) is 6.20 Å². The normalized spacial score (nSPS) is 21.8. The summed E-state index contributed by atoms with van der Waals surface area (Å²) in [6.07, 6.45) is 7.70. The Bertz CT molecular complexity index is 324. The molecular weight excluding hydrogens is 202 g/mol. The Hall–Kier alpha value is -0.870. The standard InChI is InChI=1S/C12H21N3O/c1-2-3-11-4-5-14(6-11)10-15-7-12(8-16)13-9-15/h7,9,11,16H,2-6,8,10H2,1H3. The molecule has 2 rings (SSSR count). The highest BCUT2D eigenvalue weighted by molar-refractivity contribution is 4.94. The van der Waals surface area contributed by atoms with Gasteiger partial charge in [0.05, 0.1) is 25.3 Å². The van der Waals surface area contributed by atoms with E-state index in [0.29, 0.717) is 0 Å². The summed E-state index contributed by atoms with van der Waals surface area (Å²) in [6, 6.07) is 0. The van der Waals surface area contributed by atoms with Gasteiger partial charge in [0.15, 0.2) is 0 Å². The lowest BCUT2D eigenvalue weighted by molar-refractivity contribution is 0.256. The Morgan fingerprint density at radius 3 is 3.12 bits per heavy atom. The summed E-state index contributed by atoms with van der Waals surface area (Å²) in [5.41, 5.74) is 0.754. The van der Waals surface area contributed by atoms with Crippen molar-refractivity contribution in [3.63, 3.8) is 0 Å². The molecule has 1 aromatic heterocycles. The largest absolute Gasteiger partial charge is 0.390 e. The molecule has 2 heterocycles. The molecule has 1 unspecified atom stereocenters. The zero-order valence-electron chi connectivity index (χ0n) is 9.97. The molecule has 1 aliphatic rings. The Morgan fingerprint density at radius 1 is 1.56 bits per heavy atom. The van der Waals surface area contributed by atoms with E-state index in [4.69, 9.17) is 5.11 Å². The average Bonchev–Trinajstić information content (AvgIpc) is 2.89. The fourth-order valence-electron chi connectivity index (χ4n) is 2.48. The monoisotopic (exact) mass is 223 g/mol. The number of aliphatic hydroxyl groups excluding tert-OH is 1. The van der Waals surface area contributed by atoms with Crippen molar-refractivity contribution in [3.05, 3.63) is 18.2 Å². The van der Waals surface area contributed by atoms with Crippen molar-refractivity contribution >= 4 is 0 Å². The molecule has 0 aliphatic carbocycles. The molecule has 1 aliphatic heterocycles. The number of hydrogen-bond donors (Lipinski definition) is 1. The second kappa shape index (κ2) is 5.46. The number of aromatic nitrogens is 2. The third kappa shape index (κ3) is 2.83. The van der Waals surface area contributed by atoms with Gasteiger partial charge in [-0.3, -0.25) is 4.90 Å². The van der Waals surface area contributed by atoms with E-state index in [9.17, 15) is 0 Å². The van der Waals surface area contributed by atoms with E-state index in [2.05, 4.69) is 21.4 Å². The summed E-state index contributed by atoms with van der Waals surface area (Å²) < 4.78 is 2.06. The van der Waals surface area contributed by atoms with Gasteiger partial charge in [0.2, 0.25) is 0 Å². The van der Waals surface area contributed by atoms with Crippen LogP contribution in [0.25, 0.3) is 0 Å². The minimum Gasteiger partial charge on any atom is -0.390 e. The first-order chi connectivity index (χ1) is 7.81. The highest BCUT2D eigenvalue weighted by Gasteiger charge is 2.21. The van der Waals surface area contributed by atoms with Gasteiger partial charge in [0.1, 0.15) is 0 Å². The molecule has 0 amide bonds. The Labute approximate surface area is 96.9 Å². The number of likely N-dealkylation sites (tertiary alicyclic amines) is 1. The maximum atomic E-state index is 8.93. The molecule has 16 heavy (non-hydrogen) atoms. The van der Waals surface area contributed by atoms with Crippen molar-refractivity contribution < 1.29 is 5.11 Å². The van der Waals surface area contributed by atoms with Gasteiger partial charge >= 0.3 is 0 Å². The first-order valence-electron chi connectivity index (χ1n) is 6.15. The van der Waals surface area contributed by atoms with Crippen LogP contribution in [0.3, 0.4) is 0 Å². The Morgan fingerprint density at radius 2 is 2.44 bits per heavy atom. The zero-order chi connectivity index (χ0) is 11.4. The van der Waals surface area contributed by atoms with Crippen molar-refractivity contribution in [2.24, 2.45) is 5.92 Å². The van der Waals surface area contributed by atoms with Crippen LogP contribution in [0.4, 0.5) is 0 Å². The summed E-state index contributed by atoms with van der Waals surface area (Å²) in [4.78, 5) is 6.58. The maximum absolute atomic E-state index is 8.93. The predicted octanol–water partition coefficient (Wildman–Crippen LogP) is 1.45. The van der Waals surface area contributed by atoms with Crippen LogP contribution in [0.2, 0.25) is 0 Å². The number of imidazole rings is 1. The van der Waals surface area contributed by atoms with Crippen LogP contribution in [0, 0.1) is 5.92 Å². The van der Waals surface area contributed by atoms with Crippen molar-refractivity contribution in [1.29, 1.82) is 0 Å². The summed E-state index contributed by atoms with van der Waals surface area (Å²) in [5.74, 6) is 0.880. The minimum absolute atomic E-state index is 0.0332. The van der Waals surface area contributed by atoms with Crippen LogP contribution in [0.5, 0.6) is 0 Å². The Balaban J connectivity index is 1.82. The molecule has 0 radical (unpaired) electrons. The van der Waals surface area contributed by atoms with Gasteiger partial charge in [-0.1, -0.05) is 13.3 Å². The van der Waals surface area contributed by atoms with Gasteiger partial charge < -0.3 is 9.67 Å². The molecule has 0 bridgehead atoms. The zero-order valence-corrected chi connectivity index (χ0v) is 9.97. The second-order valence-corrected chi connectivity index (χ2v) is 4.70. The fourth-order valence-corrected chi connectivity index (χ4v) is 2.48. The van der Waals surface area contributed by atoms with Gasteiger partial charge in [-0.2, -0.15) is 0 Å². The molecule has 4 heteroatoms. The summed E-state index contributed by atoms with van der Waals surface area (Å²) >= 11 is 0. The first-order valence-corrected chi connectivity index (χ1v) is 6.15. The van der Waals surface area contributed by atoms with Gasteiger partial charge in [-0.15, -0.1) is 0 Å². The van der Waals surface area contributed by atoms with Crippen molar-refractivity contribution in [2.75, 3.05) is 13.1 Å². The summed E-state index contributed by atoms with van der Waals surface area (Å²) in [6.45, 7) is 5.60. The topological polar surface area (TPSA) is 41.3 Å². The number of hydrogen-bond acceptors (Lipinski definition) is 3. The van der Waals surface area contributed by atoms with Crippen LogP contribution < -0.4 is 0 Å². The number of rotatable bonds is 5. The van der Waals surface area contributed by atoms with Gasteiger partial charge in [0, 0.05) is 19.3 Å². The van der Waals surface area contributed by atoms with E-state index < -0.39 is 0 Å². The van der Waals surface area contributed by atoms with E-state index in [1.54, 1.807) is 6.33 Å². The molecule has 1 atom stereocenters. The second-order valence-electron chi connectivity index (χ2n) is 4.70. The van der Waals surface area contributed by atoms with E-state index in [1.165, 1.54) is 32.4 Å². The molecule has 0 saturated carbocycles. The molecule has 0 aromatic carbocycles. The molecular formula is C12H21N3O. The van der Waals surface area contributed by atoms with Crippen molar-refractivity contribution in [1.82, 2.24) is 14.5 Å². The van der Waals surface area contributed by atoms with E-state index in [-0.39, 0.29) is 6.61 Å². The molecule has 90 valence electrons. The predicted molar refractivity (Wildman–Crippen MR) is 62.7 cm³/mol. The molecule has 1 fully saturated rings. The molecule has 1 N–H and O–H groups in total. The molecule has 1 aromatic rings. The molecule has 0 spiro atoms. The highest BCUT2D eigenvalue weighted by Crippen LogP contribution is 2.21. The Kier molecular flexibility index (Phi) is 3.96. The van der Waals surface area contributed by atoms with Crippen molar-refractivity contribution in [2.45, 2.75) is 39.5 Å². The average molecular weight is 223 g/mol. The third-order valence-electron chi connectivity index (χ3n) is 3.28. The van der Waals surface area contributed by atoms with Crippen LogP contribution in [-0.4, -0.2) is 32.6 Å². The first kappa shape index (κ1) is 11.6. The fraction of sp³-hybridized carbons (Fsp3) is 0.750. The van der Waals surface area contributed by atoms with Crippen LogP contribution >= 0.6 is 0 Å². The molecule has 4 nitrogen and oxygen atoms in total. The van der Waals surface area contributed by atoms with Crippen molar-refractivity contribution in [3.8, 4) is 0 Å². The van der Waals surface area contributed by atoms with E-state index >= 15 is 0 Å². The number of aliphatic hydroxyl groups is 1. The summed E-state index contributed by atoms with van der Waals surface area (Å²) in [7, 11) is 0. The lowest BCUT2D eigenvalue weighted by atomic mass is 10.0. The van der Waals surface area contributed by atoms with Crippen LogP contribution in [0.15, 0.2) is 12.5 Å². The quantitative estimate of drug-likeness (QED) is 0.821.